The Morgan fingerprint density at radius 1 is 1.07 bits per heavy atom. The van der Waals surface area contributed by atoms with Gasteiger partial charge in [0.2, 0.25) is 11.7 Å². The average Bonchev–Trinajstić information content (AvgIpc) is 3.40. The minimum Gasteiger partial charge on any atom is -0.343 e. The van der Waals surface area contributed by atoms with Crippen molar-refractivity contribution in [3.05, 3.63) is 87.6 Å². The van der Waals surface area contributed by atoms with E-state index in [1.54, 1.807) is 11.3 Å². The number of rotatable bonds is 6. The van der Waals surface area contributed by atoms with E-state index in [0.717, 1.165) is 21.6 Å². The number of nitrogens with one attached hydrogen (secondary N) is 1. The predicted molar refractivity (Wildman–Crippen MR) is 113 cm³/mol. The normalized spacial score (nSPS) is 11.9. The number of tetrazole rings is 1. The number of carbonyl (C=O) groups excluding carboxylic acids is 1. The van der Waals surface area contributed by atoms with Crippen molar-refractivity contribution in [3.8, 4) is 11.4 Å². The molecule has 0 saturated carbocycles. The molecule has 0 aliphatic heterocycles. The second-order valence-corrected chi connectivity index (χ2v) is 7.86. The molecular weight excluding hydrogens is 382 g/mol. The van der Waals surface area contributed by atoms with Gasteiger partial charge in [-0.3, -0.25) is 4.79 Å². The molecule has 1 atom stereocenters. The number of benzene rings is 2. The van der Waals surface area contributed by atoms with Crippen LogP contribution in [0.25, 0.3) is 11.4 Å². The highest BCUT2D eigenvalue weighted by Crippen LogP contribution is 2.26. The summed E-state index contributed by atoms with van der Waals surface area (Å²) in [5.41, 5.74) is 4.20. The van der Waals surface area contributed by atoms with Crippen LogP contribution in [0.4, 0.5) is 0 Å². The van der Waals surface area contributed by atoms with Crippen LogP contribution in [-0.2, 0) is 11.3 Å². The Morgan fingerprint density at radius 3 is 2.59 bits per heavy atom. The summed E-state index contributed by atoms with van der Waals surface area (Å²) in [6.07, 6.45) is 0. The van der Waals surface area contributed by atoms with E-state index in [1.165, 1.54) is 10.4 Å². The van der Waals surface area contributed by atoms with E-state index in [4.69, 9.17) is 0 Å². The summed E-state index contributed by atoms with van der Waals surface area (Å²) in [4.78, 5) is 15.1. The predicted octanol–water partition coefficient (Wildman–Crippen LogP) is 3.92. The monoisotopic (exact) mass is 403 g/mol. The van der Waals surface area contributed by atoms with E-state index >= 15 is 0 Å². The van der Waals surface area contributed by atoms with Gasteiger partial charge in [-0.2, -0.15) is 4.80 Å². The Kier molecular flexibility index (Phi) is 5.48. The zero-order valence-corrected chi connectivity index (χ0v) is 17.1. The van der Waals surface area contributed by atoms with Crippen molar-refractivity contribution in [3.63, 3.8) is 0 Å². The standard InChI is InChI=1S/C22H21N5OS/c1-15-9-11-17(12-10-15)21(19-8-5-13-29-19)23-20(28)14-27-25-22(24-26-27)18-7-4-3-6-16(18)2/h3-13,21H,14H2,1-2H3,(H,23,28). The van der Waals surface area contributed by atoms with E-state index < -0.39 is 0 Å². The maximum Gasteiger partial charge on any atom is 0.244 e. The summed E-state index contributed by atoms with van der Waals surface area (Å²) in [5.74, 6) is 0.349. The summed E-state index contributed by atoms with van der Waals surface area (Å²) >= 11 is 1.62. The smallest absolute Gasteiger partial charge is 0.244 e. The lowest BCUT2D eigenvalue weighted by atomic mass is 10.0. The largest absolute Gasteiger partial charge is 0.343 e. The fraction of sp³-hybridized carbons (Fsp3) is 0.182. The molecule has 0 aliphatic carbocycles. The molecule has 4 rings (SSSR count). The Balaban J connectivity index is 1.50. The van der Waals surface area contributed by atoms with Gasteiger partial charge in [0.05, 0.1) is 6.04 Å². The quantitative estimate of drug-likeness (QED) is 0.530. The minimum atomic E-state index is -0.206. The number of amides is 1. The molecule has 0 aliphatic rings. The first-order chi connectivity index (χ1) is 14.1. The van der Waals surface area contributed by atoms with Crippen LogP contribution in [0, 0.1) is 13.8 Å². The number of hydrogen-bond donors (Lipinski definition) is 1. The lowest BCUT2D eigenvalue weighted by Crippen LogP contribution is -2.32. The van der Waals surface area contributed by atoms with Crippen LogP contribution in [0.15, 0.2) is 66.0 Å². The van der Waals surface area contributed by atoms with E-state index in [9.17, 15) is 4.79 Å². The van der Waals surface area contributed by atoms with Crippen LogP contribution in [0.5, 0.6) is 0 Å². The van der Waals surface area contributed by atoms with Gasteiger partial charge in [-0.1, -0.05) is 60.2 Å². The summed E-state index contributed by atoms with van der Waals surface area (Å²) in [5, 5.41) is 17.6. The first-order valence-corrected chi connectivity index (χ1v) is 10.2. The second-order valence-electron chi connectivity index (χ2n) is 6.88. The summed E-state index contributed by atoms with van der Waals surface area (Å²) in [6, 6.07) is 19.8. The molecule has 0 bridgehead atoms. The molecule has 7 heteroatoms. The maximum absolute atomic E-state index is 12.7. The van der Waals surface area contributed by atoms with Gasteiger partial charge in [0.1, 0.15) is 6.54 Å². The molecule has 1 unspecified atom stereocenters. The van der Waals surface area contributed by atoms with Crippen molar-refractivity contribution in [2.75, 3.05) is 0 Å². The Labute approximate surface area is 173 Å². The average molecular weight is 404 g/mol. The van der Waals surface area contributed by atoms with Crippen molar-refractivity contribution in [1.29, 1.82) is 0 Å². The molecule has 2 aromatic carbocycles. The molecule has 2 heterocycles. The number of aryl methyl sites for hydroxylation is 2. The molecule has 0 fully saturated rings. The first-order valence-electron chi connectivity index (χ1n) is 9.33. The van der Waals surface area contributed by atoms with Gasteiger partial charge in [0.25, 0.3) is 0 Å². The molecule has 1 N–H and O–H groups in total. The fourth-order valence-corrected chi connectivity index (χ4v) is 3.91. The Morgan fingerprint density at radius 2 is 1.86 bits per heavy atom. The third-order valence-corrected chi connectivity index (χ3v) is 5.60. The number of carbonyl (C=O) groups is 1. The first kappa shape index (κ1) is 19.0. The topological polar surface area (TPSA) is 72.7 Å². The maximum atomic E-state index is 12.7. The number of thiophene rings is 1. The van der Waals surface area contributed by atoms with E-state index in [2.05, 4.69) is 32.9 Å². The van der Waals surface area contributed by atoms with Gasteiger partial charge in [-0.05, 0) is 41.6 Å². The van der Waals surface area contributed by atoms with E-state index in [-0.39, 0.29) is 18.5 Å². The summed E-state index contributed by atoms with van der Waals surface area (Å²) in [6.45, 7) is 4.05. The van der Waals surface area contributed by atoms with Crippen molar-refractivity contribution in [2.24, 2.45) is 0 Å². The van der Waals surface area contributed by atoms with Crippen LogP contribution < -0.4 is 5.32 Å². The summed E-state index contributed by atoms with van der Waals surface area (Å²) < 4.78 is 0. The molecule has 4 aromatic rings. The zero-order chi connectivity index (χ0) is 20.2. The number of nitrogens with zero attached hydrogens (tertiary/aromatic N) is 4. The molecular formula is C22H21N5OS. The van der Waals surface area contributed by atoms with Gasteiger partial charge >= 0.3 is 0 Å². The SMILES string of the molecule is Cc1ccc(C(NC(=O)Cn2nnc(-c3ccccc3C)n2)c2cccs2)cc1. The minimum absolute atomic E-state index is 0.00657. The molecule has 146 valence electrons. The third kappa shape index (κ3) is 4.41. The highest BCUT2D eigenvalue weighted by Gasteiger charge is 2.19. The van der Waals surface area contributed by atoms with Gasteiger partial charge in [-0.15, -0.1) is 21.5 Å². The van der Waals surface area contributed by atoms with Crippen LogP contribution in [-0.4, -0.2) is 26.1 Å². The van der Waals surface area contributed by atoms with Gasteiger partial charge in [0.15, 0.2) is 0 Å². The van der Waals surface area contributed by atoms with Crippen molar-refractivity contribution >= 4 is 17.2 Å². The van der Waals surface area contributed by atoms with Gasteiger partial charge < -0.3 is 5.32 Å². The Hall–Kier alpha value is -3.32. The highest BCUT2D eigenvalue weighted by molar-refractivity contribution is 7.10. The van der Waals surface area contributed by atoms with Crippen molar-refractivity contribution < 1.29 is 4.79 Å². The Bertz CT molecular complexity index is 1100. The van der Waals surface area contributed by atoms with Crippen LogP contribution in [0.2, 0.25) is 0 Å². The van der Waals surface area contributed by atoms with Crippen LogP contribution >= 0.6 is 11.3 Å². The molecule has 29 heavy (non-hydrogen) atoms. The molecule has 2 aromatic heterocycles. The zero-order valence-electron chi connectivity index (χ0n) is 16.2. The van der Waals surface area contributed by atoms with Gasteiger partial charge in [-0.25, -0.2) is 0 Å². The molecule has 0 radical (unpaired) electrons. The van der Waals surface area contributed by atoms with Crippen molar-refractivity contribution in [2.45, 2.75) is 26.4 Å². The highest BCUT2D eigenvalue weighted by atomic mass is 32.1. The lowest BCUT2D eigenvalue weighted by molar-refractivity contribution is -0.122. The number of hydrogen-bond acceptors (Lipinski definition) is 5. The molecule has 0 spiro atoms. The number of aromatic nitrogens is 4. The lowest BCUT2D eigenvalue weighted by Gasteiger charge is -2.18. The fourth-order valence-electron chi connectivity index (χ4n) is 3.11. The van der Waals surface area contributed by atoms with E-state index in [1.807, 2.05) is 67.8 Å². The third-order valence-electron chi connectivity index (χ3n) is 4.67. The van der Waals surface area contributed by atoms with Gasteiger partial charge in [0, 0.05) is 10.4 Å². The molecule has 1 amide bonds. The second kappa shape index (κ2) is 8.36. The molecule has 6 nitrogen and oxygen atoms in total. The van der Waals surface area contributed by atoms with Crippen LogP contribution in [0.1, 0.15) is 27.6 Å². The van der Waals surface area contributed by atoms with Crippen LogP contribution in [0.3, 0.4) is 0 Å². The molecule has 0 saturated heterocycles. The van der Waals surface area contributed by atoms with E-state index in [0.29, 0.717) is 5.82 Å². The van der Waals surface area contributed by atoms with Crippen molar-refractivity contribution in [1.82, 2.24) is 25.5 Å². The summed E-state index contributed by atoms with van der Waals surface area (Å²) in [7, 11) is 0.